The summed E-state index contributed by atoms with van der Waals surface area (Å²) in [6.45, 7) is 3.21. The molecule has 0 radical (unpaired) electrons. The standard InChI is InChI=1S/C27H23N5O/c33-27(31-14-12-28-13-15-31)20-5-3-19(4-6-20)23-8-10-26-30-17-25(32(26)18-23)22-7-9-24-21(16-22)2-1-11-29-24/h1-11,16-18,28H,12-15H2. The van der Waals surface area contributed by atoms with Crippen molar-refractivity contribution < 1.29 is 4.79 Å². The quantitative estimate of drug-likeness (QED) is 0.462. The van der Waals surface area contributed by atoms with E-state index in [-0.39, 0.29) is 5.91 Å². The van der Waals surface area contributed by atoms with Crippen LogP contribution < -0.4 is 5.32 Å². The number of amides is 1. The summed E-state index contributed by atoms with van der Waals surface area (Å²) in [7, 11) is 0. The van der Waals surface area contributed by atoms with E-state index in [1.54, 1.807) is 0 Å². The van der Waals surface area contributed by atoms with Gasteiger partial charge in [0.1, 0.15) is 5.65 Å². The zero-order valence-corrected chi connectivity index (χ0v) is 18.1. The molecule has 4 heterocycles. The van der Waals surface area contributed by atoms with Crippen LogP contribution in [0.2, 0.25) is 0 Å². The van der Waals surface area contributed by atoms with Crippen molar-refractivity contribution in [1.82, 2.24) is 24.6 Å². The molecule has 1 fully saturated rings. The van der Waals surface area contributed by atoms with E-state index >= 15 is 0 Å². The zero-order chi connectivity index (χ0) is 22.2. The molecule has 6 rings (SSSR count). The van der Waals surface area contributed by atoms with Gasteiger partial charge in [0.05, 0.1) is 17.4 Å². The molecule has 1 N–H and O–H groups in total. The van der Waals surface area contributed by atoms with Gasteiger partial charge in [0.25, 0.3) is 5.91 Å². The number of piperazine rings is 1. The van der Waals surface area contributed by atoms with Crippen molar-refractivity contribution in [2.24, 2.45) is 0 Å². The molecule has 0 bridgehead atoms. The number of hydrogen-bond acceptors (Lipinski definition) is 4. The highest BCUT2D eigenvalue weighted by atomic mass is 16.2. The molecule has 6 nitrogen and oxygen atoms in total. The minimum Gasteiger partial charge on any atom is -0.336 e. The molecule has 3 aromatic heterocycles. The van der Waals surface area contributed by atoms with Gasteiger partial charge in [-0.2, -0.15) is 0 Å². The maximum Gasteiger partial charge on any atom is 0.253 e. The van der Waals surface area contributed by atoms with E-state index in [0.29, 0.717) is 0 Å². The summed E-state index contributed by atoms with van der Waals surface area (Å²) in [4.78, 5) is 23.7. The highest BCUT2D eigenvalue weighted by Gasteiger charge is 2.18. The molecular formula is C27H23N5O. The average molecular weight is 434 g/mol. The van der Waals surface area contributed by atoms with Crippen LogP contribution in [0.15, 0.2) is 85.3 Å². The van der Waals surface area contributed by atoms with Crippen molar-refractivity contribution in [1.29, 1.82) is 0 Å². The van der Waals surface area contributed by atoms with Crippen LogP contribution in [0.3, 0.4) is 0 Å². The second kappa shape index (κ2) is 8.15. The first-order valence-corrected chi connectivity index (χ1v) is 11.2. The van der Waals surface area contributed by atoms with Gasteiger partial charge in [0, 0.05) is 55.1 Å². The first kappa shape index (κ1) is 19.6. The Morgan fingerprint density at radius 1 is 0.848 bits per heavy atom. The fraction of sp³-hybridized carbons (Fsp3) is 0.148. The number of carbonyl (C=O) groups excluding carboxylic acids is 1. The predicted octanol–water partition coefficient (Wildman–Crippen LogP) is 4.26. The summed E-state index contributed by atoms with van der Waals surface area (Å²) < 4.78 is 2.12. The molecule has 0 atom stereocenters. The van der Waals surface area contributed by atoms with Crippen molar-refractivity contribution in [3.63, 3.8) is 0 Å². The van der Waals surface area contributed by atoms with E-state index in [1.165, 1.54) is 0 Å². The number of imidazole rings is 1. The smallest absolute Gasteiger partial charge is 0.253 e. The predicted molar refractivity (Wildman–Crippen MR) is 130 cm³/mol. The number of pyridine rings is 2. The molecule has 162 valence electrons. The third kappa shape index (κ3) is 3.64. The van der Waals surface area contributed by atoms with Gasteiger partial charge >= 0.3 is 0 Å². The average Bonchev–Trinajstić information content (AvgIpc) is 3.32. The van der Waals surface area contributed by atoms with Crippen LogP contribution in [0.1, 0.15) is 10.4 Å². The van der Waals surface area contributed by atoms with Crippen LogP contribution in [0, 0.1) is 0 Å². The molecule has 0 unspecified atom stereocenters. The van der Waals surface area contributed by atoms with Gasteiger partial charge < -0.3 is 10.2 Å². The van der Waals surface area contributed by atoms with Gasteiger partial charge in [0.2, 0.25) is 0 Å². The van der Waals surface area contributed by atoms with Crippen LogP contribution in [0.4, 0.5) is 0 Å². The van der Waals surface area contributed by atoms with Crippen LogP contribution in [-0.2, 0) is 0 Å². The van der Waals surface area contributed by atoms with Gasteiger partial charge in [-0.15, -0.1) is 0 Å². The lowest BCUT2D eigenvalue weighted by molar-refractivity contribution is 0.0736. The fourth-order valence-electron chi connectivity index (χ4n) is 4.46. The fourth-order valence-corrected chi connectivity index (χ4v) is 4.46. The molecule has 1 saturated heterocycles. The van der Waals surface area contributed by atoms with E-state index in [1.807, 2.05) is 59.8 Å². The summed E-state index contributed by atoms with van der Waals surface area (Å²) in [6, 6.07) is 22.3. The van der Waals surface area contributed by atoms with Crippen LogP contribution in [0.5, 0.6) is 0 Å². The van der Waals surface area contributed by atoms with E-state index in [9.17, 15) is 4.79 Å². The molecule has 2 aromatic carbocycles. The van der Waals surface area contributed by atoms with E-state index in [0.717, 1.165) is 70.7 Å². The van der Waals surface area contributed by atoms with Crippen molar-refractivity contribution >= 4 is 22.5 Å². The molecular weight excluding hydrogens is 410 g/mol. The lowest BCUT2D eigenvalue weighted by atomic mass is 10.0. The van der Waals surface area contributed by atoms with E-state index < -0.39 is 0 Å². The number of aromatic nitrogens is 3. The number of carbonyl (C=O) groups is 1. The number of hydrogen-bond donors (Lipinski definition) is 1. The molecule has 6 heteroatoms. The third-order valence-corrected chi connectivity index (χ3v) is 6.27. The molecule has 1 aliphatic rings. The van der Waals surface area contributed by atoms with Crippen LogP contribution in [-0.4, -0.2) is 51.4 Å². The minimum absolute atomic E-state index is 0.0983. The number of rotatable bonds is 3. The Labute approximate surface area is 191 Å². The summed E-state index contributed by atoms with van der Waals surface area (Å²) in [5.74, 6) is 0.0983. The summed E-state index contributed by atoms with van der Waals surface area (Å²) in [5, 5.41) is 4.39. The normalized spacial score (nSPS) is 14.1. The van der Waals surface area contributed by atoms with Crippen LogP contribution >= 0.6 is 0 Å². The van der Waals surface area contributed by atoms with Crippen molar-refractivity contribution in [2.45, 2.75) is 0 Å². The SMILES string of the molecule is O=C(c1ccc(-c2ccc3ncc(-c4ccc5ncccc5c4)n3c2)cc1)N1CCNCC1. The van der Waals surface area contributed by atoms with Gasteiger partial charge in [-0.25, -0.2) is 4.98 Å². The number of benzene rings is 2. The summed E-state index contributed by atoms with van der Waals surface area (Å²) in [5.41, 5.74) is 6.87. The molecule has 0 saturated carbocycles. The topological polar surface area (TPSA) is 62.5 Å². The molecule has 0 spiro atoms. The number of nitrogens with zero attached hydrogens (tertiary/aromatic N) is 4. The third-order valence-electron chi connectivity index (χ3n) is 6.27. The largest absolute Gasteiger partial charge is 0.336 e. The first-order valence-electron chi connectivity index (χ1n) is 11.2. The number of nitrogens with one attached hydrogen (secondary N) is 1. The Morgan fingerprint density at radius 2 is 1.64 bits per heavy atom. The maximum atomic E-state index is 12.8. The second-order valence-electron chi connectivity index (χ2n) is 8.32. The Balaban J connectivity index is 1.33. The van der Waals surface area contributed by atoms with Crippen molar-refractivity contribution in [2.75, 3.05) is 26.2 Å². The Hall–Kier alpha value is -4.03. The van der Waals surface area contributed by atoms with Gasteiger partial charge in [-0.1, -0.05) is 24.3 Å². The van der Waals surface area contributed by atoms with E-state index in [4.69, 9.17) is 0 Å². The lowest BCUT2D eigenvalue weighted by Gasteiger charge is -2.27. The number of fused-ring (bicyclic) bond motifs is 2. The molecule has 1 aliphatic heterocycles. The second-order valence-corrected chi connectivity index (χ2v) is 8.32. The zero-order valence-electron chi connectivity index (χ0n) is 18.1. The van der Waals surface area contributed by atoms with Crippen molar-refractivity contribution in [3.05, 3.63) is 90.9 Å². The first-order chi connectivity index (χ1) is 16.3. The van der Waals surface area contributed by atoms with Gasteiger partial charge in [-0.05, 0) is 53.6 Å². The van der Waals surface area contributed by atoms with Gasteiger partial charge in [-0.3, -0.25) is 14.2 Å². The highest BCUT2D eigenvalue weighted by molar-refractivity contribution is 5.95. The van der Waals surface area contributed by atoms with E-state index in [2.05, 4.69) is 50.1 Å². The van der Waals surface area contributed by atoms with Gasteiger partial charge in [0.15, 0.2) is 0 Å². The molecule has 1 amide bonds. The highest BCUT2D eigenvalue weighted by Crippen LogP contribution is 2.27. The molecule has 33 heavy (non-hydrogen) atoms. The summed E-state index contributed by atoms with van der Waals surface area (Å²) in [6.07, 6.45) is 5.83. The minimum atomic E-state index is 0.0983. The maximum absolute atomic E-state index is 12.8. The van der Waals surface area contributed by atoms with Crippen LogP contribution in [0.25, 0.3) is 38.9 Å². The monoisotopic (exact) mass is 433 g/mol. The lowest BCUT2D eigenvalue weighted by Crippen LogP contribution is -2.46. The molecule has 0 aliphatic carbocycles. The summed E-state index contributed by atoms with van der Waals surface area (Å²) >= 11 is 0. The Morgan fingerprint density at radius 3 is 2.48 bits per heavy atom. The Kier molecular flexibility index (Phi) is 4.85. The van der Waals surface area contributed by atoms with Crippen molar-refractivity contribution in [3.8, 4) is 22.4 Å². The Bertz CT molecular complexity index is 1470. The molecule has 5 aromatic rings.